The molecule has 0 atom stereocenters. The van der Waals surface area contributed by atoms with Gasteiger partial charge in [0.1, 0.15) is 5.82 Å². The van der Waals surface area contributed by atoms with Crippen LogP contribution in [0.25, 0.3) is 11.1 Å². The summed E-state index contributed by atoms with van der Waals surface area (Å²) in [7, 11) is 0. The summed E-state index contributed by atoms with van der Waals surface area (Å²) in [5.74, 6) is -0.216. The first-order valence-corrected chi connectivity index (χ1v) is 5.36. The molecule has 0 aliphatic rings. The summed E-state index contributed by atoms with van der Waals surface area (Å²) in [6, 6.07) is 14.4. The molecule has 0 aliphatic heterocycles. The summed E-state index contributed by atoms with van der Waals surface area (Å²) in [5, 5.41) is 0. The highest BCUT2D eigenvalue weighted by atomic mass is 35.5. The van der Waals surface area contributed by atoms with Gasteiger partial charge >= 0.3 is 0 Å². The van der Waals surface area contributed by atoms with Crippen molar-refractivity contribution in [2.75, 3.05) is 0 Å². The Balaban J connectivity index is 2.24. The Morgan fingerprint density at radius 3 is 1.88 bits per heavy atom. The van der Waals surface area contributed by atoms with E-state index in [2.05, 4.69) is 4.84 Å². The third-order valence-electron chi connectivity index (χ3n) is 2.40. The van der Waals surface area contributed by atoms with Crippen molar-refractivity contribution in [2.24, 2.45) is 0 Å². The SMILES string of the molecule is Fc1ccc(-c2ccc(CNCl)cc2)cc1. The topological polar surface area (TPSA) is 12.0 Å². The highest BCUT2D eigenvalue weighted by Gasteiger charge is 1.98. The van der Waals surface area contributed by atoms with Crippen LogP contribution in [0.2, 0.25) is 0 Å². The van der Waals surface area contributed by atoms with Crippen LogP contribution in [-0.4, -0.2) is 0 Å². The average molecular weight is 236 g/mol. The Morgan fingerprint density at radius 2 is 1.38 bits per heavy atom. The predicted octanol–water partition coefficient (Wildman–Crippen LogP) is 3.74. The maximum absolute atomic E-state index is 12.7. The molecule has 0 aromatic heterocycles. The van der Waals surface area contributed by atoms with E-state index in [9.17, 15) is 4.39 Å². The van der Waals surface area contributed by atoms with Crippen molar-refractivity contribution < 1.29 is 4.39 Å². The van der Waals surface area contributed by atoms with Gasteiger partial charge in [-0.3, -0.25) is 0 Å². The van der Waals surface area contributed by atoms with Crippen LogP contribution in [0.5, 0.6) is 0 Å². The maximum Gasteiger partial charge on any atom is 0.123 e. The van der Waals surface area contributed by atoms with E-state index in [1.165, 1.54) is 12.1 Å². The predicted molar refractivity (Wildman–Crippen MR) is 64.5 cm³/mol. The molecule has 3 heteroatoms. The lowest BCUT2D eigenvalue weighted by Crippen LogP contribution is -1.97. The van der Waals surface area contributed by atoms with Gasteiger partial charge in [-0.25, -0.2) is 9.23 Å². The van der Waals surface area contributed by atoms with Crippen LogP contribution in [0.3, 0.4) is 0 Å². The summed E-state index contributed by atoms with van der Waals surface area (Å²) < 4.78 is 12.7. The lowest BCUT2D eigenvalue weighted by molar-refractivity contribution is 0.628. The minimum Gasteiger partial charge on any atom is -0.229 e. The first-order chi connectivity index (χ1) is 7.79. The van der Waals surface area contributed by atoms with E-state index in [-0.39, 0.29) is 5.82 Å². The molecule has 1 N–H and O–H groups in total. The number of halogens is 2. The van der Waals surface area contributed by atoms with Gasteiger partial charge in [0.2, 0.25) is 0 Å². The van der Waals surface area contributed by atoms with Crippen LogP contribution in [0.4, 0.5) is 4.39 Å². The summed E-state index contributed by atoms with van der Waals surface area (Å²) in [4.78, 5) is 2.57. The highest BCUT2D eigenvalue weighted by Crippen LogP contribution is 2.20. The Morgan fingerprint density at radius 1 is 0.875 bits per heavy atom. The monoisotopic (exact) mass is 235 g/mol. The second-order valence-corrected chi connectivity index (χ2v) is 3.78. The number of hydrogen-bond donors (Lipinski definition) is 1. The quantitative estimate of drug-likeness (QED) is 0.800. The Kier molecular flexibility index (Phi) is 3.54. The summed E-state index contributed by atoms with van der Waals surface area (Å²) in [6.07, 6.45) is 0. The Bertz CT molecular complexity index is 450. The Hall–Kier alpha value is -1.38. The molecule has 16 heavy (non-hydrogen) atoms. The van der Waals surface area contributed by atoms with Crippen LogP contribution in [-0.2, 0) is 6.54 Å². The van der Waals surface area contributed by atoms with Gasteiger partial charge in [-0.1, -0.05) is 36.4 Å². The largest absolute Gasteiger partial charge is 0.229 e. The summed E-state index contributed by atoms with van der Waals surface area (Å²) in [5.41, 5.74) is 3.19. The zero-order valence-corrected chi connectivity index (χ0v) is 9.34. The molecule has 0 fully saturated rings. The van der Waals surface area contributed by atoms with Gasteiger partial charge < -0.3 is 0 Å². The third kappa shape index (κ3) is 2.60. The number of nitrogens with one attached hydrogen (secondary N) is 1. The molecule has 0 heterocycles. The molecule has 0 amide bonds. The minimum absolute atomic E-state index is 0.216. The van der Waals surface area contributed by atoms with Crippen molar-refractivity contribution in [3.05, 3.63) is 59.9 Å². The van der Waals surface area contributed by atoms with E-state index in [0.717, 1.165) is 16.7 Å². The lowest BCUT2D eigenvalue weighted by Gasteiger charge is -2.03. The van der Waals surface area contributed by atoms with Crippen molar-refractivity contribution in [2.45, 2.75) is 6.54 Å². The molecule has 0 bridgehead atoms. The summed E-state index contributed by atoms with van der Waals surface area (Å²) >= 11 is 5.42. The maximum atomic E-state index is 12.7. The Labute approximate surface area is 99.0 Å². The summed E-state index contributed by atoms with van der Waals surface area (Å²) in [6.45, 7) is 0.630. The fraction of sp³-hybridized carbons (Fsp3) is 0.0769. The van der Waals surface area contributed by atoms with E-state index in [1.54, 1.807) is 12.1 Å². The van der Waals surface area contributed by atoms with Gasteiger partial charge in [-0.2, -0.15) is 0 Å². The average Bonchev–Trinajstić information content (AvgIpc) is 2.32. The molecule has 2 aromatic rings. The molecular formula is C13H11ClFN. The zero-order valence-electron chi connectivity index (χ0n) is 8.58. The standard InChI is InChI=1S/C13H11ClFN/c14-16-9-10-1-3-11(4-2-10)12-5-7-13(15)8-6-12/h1-8,16H,9H2. The number of benzene rings is 2. The zero-order chi connectivity index (χ0) is 11.4. The molecule has 1 nitrogen and oxygen atoms in total. The van der Waals surface area contributed by atoms with E-state index >= 15 is 0 Å². The molecule has 2 rings (SSSR count). The van der Waals surface area contributed by atoms with Crippen LogP contribution in [0, 0.1) is 5.82 Å². The van der Waals surface area contributed by atoms with Crippen LogP contribution in [0.15, 0.2) is 48.5 Å². The van der Waals surface area contributed by atoms with Crippen molar-refractivity contribution in [3.63, 3.8) is 0 Å². The molecule has 0 saturated carbocycles. The molecule has 0 aliphatic carbocycles. The highest BCUT2D eigenvalue weighted by molar-refractivity contribution is 6.13. The van der Waals surface area contributed by atoms with Crippen molar-refractivity contribution >= 4 is 11.8 Å². The van der Waals surface area contributed by atoms with Crippen LogP contribution >= 0.6 is 11.8 Å². The van der Waals surface area contributed by atoms with Gasteiger partial charge in [-0.15, -0.1) is 0 Å². The normalized spacial score (nSPS) is 10.4. The van der Waals surface area contributed by atoms with E-state index in [1.807, 2.05) is 24.3 Å². The number of rotatable bonds is 3. The van der Waals surface area contributed by atoms with E-state index in [4.69, 9.17) is 11.8 Å². The molecule has 2 aromatic carbocycles. The molecular weight excluding hydrogens is 225 g/mol. The van der Waals surface area contributed by atoms with Crippen molar-refractivity contribution in [3.8, 4) is 11.1 Å². The molecule has 0 unspecified atom stereocenters. The van der Waals surface area contributed by atoms with Gasteiger partial charge in [0.25, 0.3) is 0 Å². The van der Waals surface area contributed by atoms with Crippen molar-refractivity contribution in [1.82, 2.24) is 4.84 Å². The molecule has 82 valence electrons. The number of hydrogen-bond acceptors (Lipinski definition) is 1. The first kappa shape index (κ1) is 11.1. The first-order valence-electron chi connectivity index (χ1n) is 4.98. The van der Waals surface area contributed by atoms with Crippen molar-refractivity contribution in [1.29, 1.82) is 0 Å². The van der Waals surface area contributed by atoms with E-state index < -0.39 is 0 Å². The van der Waals surface area contributed by atoms with Gasteiger partial charge in [0.15, 0.2) is 0 Å². The molecule has 0 saturated heterocycles. The smallest absolute Gasteiger partial charge is 0.123 e. The van der Waals surface area contributed by atoms with Gasteiger partial charge in [0.05, 0.1) is 0 Å². The fourth-order valence-corrected chi connectivity index (χ4v) is 1.69. The van der Waals surface area contributed by atoms with Gasteiger partial charge in [-0.05, 0) is 40.6 Å². The van der Waals surface area contributed by atoms with Crippen LogP contribution < -0.4 is 4.84 Å². The third-order valence-corrected chi connectivity index (χ3v) is 2.54. The minimum atomic E-state index is -0.216. The van der Waals surface area contributed by atoms with Crippen LogP contribution in [0.1, 0.15) is 5.56 Å². The second-order valence-electron chi connectivity index (χ2n) is 3.51. The molecule has 0 radical (unpaired) electrons. The second kappa shape index (κ2) is 5.10. The van der Waals surface area contributed by atoms with E-state index in [0.29, 0.717) is 6.54 Å². The molecule has 0 spiro atoms. The van der Waals surface area contributed by atoms with Gasteiger partial charge in [0, 0.05) is 6.54 Å². The lowest BCUT2D eigenvalue weighted by atomic mass is 10.0. The fourth-order valence-electron chi connectivity index (χ4n) is 1.53.